The first-order chi connectivity index (χ1) is 9.36. The molecule has 0 aliphatic heterocycles. The number of rotatable bonds is 4. The summed E-state index contributed by atoms with van der Waals surface area (Å²) in [5.74, 6) is -1.84. The van der Waals surface area contributed by atoms with Crippen molar-refractivity contribution in [1.29, 1.82) is 0 Å². The number of hydrogen-bond donors (Lipinski definition) is 2. The Hall–Kier alpha value is -2.15. The predicted molar refractivity (Wildman–Crippen MR) is 70.7 cm³/mol. The van der Waals surface area contributed by atoms with Gasteiger partial charge in [-0.2, -0.15) is 0 Å². The predicted octanol–water partition coefficient (Wildman–Crippen LogP) is 2.44. The van der Waals surface area contributed by atoms with Gasteiger partial charge in [-0.3, -0.25) is 19.7 Å². The zero-order valence-corrected chi connectivity index (χ0v) is 11.0. The number of benzene rings is 1. The van der Waals surface area contributed by atoms with Crippen molar-refractivity contribution in [2.45, 2.75) is 19.3 Å². The Labute approximate surface area is 118 Å². The Morgan fingerprint density at radius 1 is 1.40 bits per heavy atom. The number of nitrogens with zero attached hydrogens (tertiary/aromatic N) is 1. The number of nitrogens with one attached hydrogen (secondary N) is 1. The number of nitro groups is 1. The van der Waals surface area contributed by atoms with E-state index in [0.717, 1.165) is 6.07 Å². The van der Waals surface area contributed by atoms with Crippen LogP contribution in [0.25, 0.3) is 0 Å². The van der Waals surface area contributed by atoms with Crippen LogP contribution in [0.5, 0.6) is 0 Å². The fraction of sp³-hybridized carbons (Fsp3) is 0.333. The fourth-order valence-corrected chi connectivity index (χ4v) is 2.24. The van der Waals surface area contributed by atoms with Gasteiger partial charge < -0.3 is 10.4 Å². The molecule has 0 atom stereocenters. The largest absolute Gasteiger partial charge is 0.480 e. The van der Waals surface area contributed by atoms with Crippen LogP contribution in [0.15, 0.2) is 18.2 Å². The highest BCUT2D eigenvalue weighted by atomic mass is 35.5. The normalized spacial score (nSPS) is 16.1. The van der Waals surface area contributed by atoms with E-state index in [2.05, 4.69) is 5.32 Å². The number of aliphatic carboxylic acids is 1. The molecule has 0 unspecified atom stereocenters. The molecule has 1 fully saturated rings. The van der Waals surface area contributed by atoms with Gasteiger partial charge in [-0.25, -0.2) is 0 Å². The zero-order valence-electron chi connectivity index (χ0n) is 10.3. The highest BCUT2D eigenvalue weighted by Crippen LogP contribution is 2.42. The lowest BCUT2D eigenvalue weighted by Gasteiger charge is -2.35. The standard InChI is InChI=1S/C12H11ClN2O5/c13-8-3-2-7(6-9(8)15(19)20)14-10(16)12(11(17)18)4-1-5-12/h2-3,6H,1,4-5H2,(H,14,16)(H,17,18). The molecule has 20 heavy (non-hydrogen) atoms. The molecule has 7 nitrogen and oxygen atoms in total. The third kappa shape index (κ3) is 2.32. The van der Waals surface area contributed by atoms with E-state index in [-0.39, 0.29) is 29.2 Å². The van der Waals surface area contributed by atoms with Crippen LogP contribution in [0.3, 0.4) is 0 Å². The summed E-state index contributed by atoms with van der Waals surface area (Å²) in [6.45, 7) is 0. The second kappa shape index (κ2) is 5.09. The van der Waals surface area contributed by atoms with Crippen molar-refractivity contribution in [3.8, 4) is 0 Å². The number of carboxylic acid groups (broad SMARTS) is 1. The van der Waals surface area contributed by atoms with Crippen LogP contribution in [0, 0.1) is 15.5 Å². The summed E-state index contributed by atoms with van der Waals surface area (Å²) in [5.41, 5.74) is -1.62. The van der Waals surface area contributed by atoms with Crippen molar-refractivity contribution >= 4 is 34.9 Å². The minimum Gasteiger partial charge on any atom is -0.480 e. The molecule has 1 amide bonds. The summed E-state index contributed by atoms with van der Waals surface area (Å²) in [6, 6.07) is 3.78. The number of carbonyl (C=O) groups is 2. The molecule has 1 aliphatic carbocycles. The number of carboxylic acids is 1. The topological polar surface area (TPSA) is 110 Å². The van der Waals surface area contributed by atoms with Crippen molar-refractivity contribution in [2.24, 2.45) is 5.41 Å². The molecule has 1 aliphatic rings. The van der Waals surface area contributed by atoms with Crippen molar-refractivity contribution in [3.05, 3.63) is 33.3 Å². The summed E-state index contributed by atoms with van der Waals surface area (Å²) in [6.07, 6.45) is 1.20. The number of carbonyl (C=O) groups excluding carboxylic acids is 1. The maximum atomic E-state index is 12.0. The third-order valence-corrected chi connectivity index (χ3v) is 3.77. The lowest BCUT2D eigenvalue weighted by atomic mass is 9.68. The van der Waals surface area contributed by atoms with Gasteiger partial charge >= 0.3 is 5.97 Å². The van der Waals surface area contributed by atoms with E-state index < -0.39 is 22.2 Å². The maximum Gasteiger partial charge on any atom is 0.319 e. The van der Waals surface area contributed by atoms with Gasteiger partial charge in [-0.15, -0.1) is 0 Å². The first-order valence-corrected chi connectivity index (χ1v) is 6.23. The summed E-state index contributed by atoms with van der Waals surface area (Å²) in [7, 11) is 0. The van der Waals surface area contributed by atoms with Crippen molar-refractivity contribution in [2.75, 3.05) is 5.32 Å². The summed E-state index contributed by atoms with van der Waals surface area (Å²) in [5, 5.41) is 22.2. The van der Waals surface area contributed by atoms with Crippen LogP contribution in [-0.4, -0.2) is 21.9 Å². The molecule has 1 aromatic carbocycles. The Kier molecular flexibility index (Phi) is 3.63. The molecular formula is C12H11ClN2O5. The molecule has 2 N–H and O–H groups in total. The lowest BCUT2D eigenvalue weighted by Crippen LogP contribution is -2.48. The van der Waals surface area contributed by atoms with Gasteiger partial charge in [0.25, 0.3) is 5.69 Å². The first kappa shape index (κ1) is 14.3. The van der Waals surface area contributed by atoms with E-state index in [1.807, 2.05) is 0 Å². The molecule has 8 heteroatoms. The average Bonchev–Trinajstić information content (AvgIpc) is 2.29. The first-order valence-electron chi connectivity index (χ1n) is 5.85. The van der Waals surface area contributed by atoms with Gasteiger partial charge in [0.05, 0.1) is 4.92 Å². The second-order valence-electron chi connectivity index (χ2n) is 4.62. The Balaban J connectivity index is 2.22. The van der Waals surface area contributed by atoms with E-state index in [4.69, 9.17) is 16.7 Å². The van der Waals surface area contributed by atoms with E-state index in [1.54, 1.807) is 0 Å². The number of amides is 1. The van der Waals surface area contributed by atoms with Gasteiger partial charge in [-0.1, -0.05) is 18.0 Å². The molecule has 1 saturated carbocycles. The highest BCUT2D eigenvalue weighted by Gasteiger charge is 2.51. The smallest absolute Gasteiger partial charge is 0.319 e. The van der Waals surface area contributed by atoms with Gasteiger partial charge in [0, 0.05) is 11.8 Å². The van der Waals surface area contributed by atoms with E-state index in [9.17, 15) is 19.7 Å². The molecule has 0 heterocycles. The summed E-state index contributed by atoms with van der Waals surface area (Å²) < 4.78 is 0. The number of halogens is 1. The number of anilines is 1. The van der Waals surface area contributed by atoms with Crippen LogP contribution in [0.4, 0.5) is 11.4 Å². The average molecular weight is 299 g/mol. The zero-order chi connectivity index (χ0) is 14.9. The van der Waals surface area contributed by atoms with Gasteiger partial charge in [0.1, 0.15) is 10.4 Å². The molecule has 0 saturated heterocycles. The molecule has 106 valence electrons. The van der Waals surface area contributed by atoms with E-state index in [0.29, 0.717) is 6.42 Å². The lowest BCUT2D eigenvalue weighted by molar-refractivity contribution is -0.384. The third-order valence-electron chi connectivity index (χ3n) is 3.45. The van der Waals surface area contributed by atoms with E-state index >= 15 is 0 Å². The maximum absolute atomic E-state index is 12.0. The minimum absolute atomic E-state index is 0.0513. The fourth-order valence-electron chi connectivity index (χ4n) is 2.05. The Morgan fingerprint density at radius 2 is 2.05 bits per heavy atom. The van der Waals surface area contributed by atoms with Crippen molar-refractivity contribution in [1.82, 2.24) is 0 Å². The Bertz CT molecular complexity index is 598. The number of nitro benzene ring substituents is 1. The second-order valence-corrected chi connectivity index (χ2v) is 5.03. The molecule has 2 rings (SSSR count). The summed E-state index contributed by atoms with van der Waals surface area (Å²) >= 11 is 5.66. The van der Waals surface area contributed by atoms with E-state index in [1.165, 1.54) is 12.1 Å². The van der Waals surface area contributed by atoms with Crippen molar-refractivity contribution < 1.29 is 19.6 Å². The monoisotopic (exact) mass is 298 g/mol. The van der Waals surface area contributed by atoms with Gasteiger partial charge in [0.15, 0.2) is 0 Å². The molecule has 0 aromatic heterocycles. The molecular weight excluding hydrogens is 288 g/mol. The van der Waals surface area contributed by atoms with Crippen LogP contribution >= 0.6 is 11.6 Å². The number of hydrogen-bond acceptors (Lipinski definition) is 4. The quantitative estimate of drug-likeness (QED) is 0.504. The summed E-state index contributed by atoms with van der Waals surface area (Å²) in [4.78, 5) is 33.3. The molecule has 0 radical (unpaired) electrons. The SMILES string of the molecule is O=C(O)C1(C(=O)Nc2ccc(Cl)c([N+](=O)[O-])c2)CCC1. The van der Waals surface area contributed by atoms with Crippen molar-refractivity contribution in [3.63, 3.8) is 0 Å². The molecule has 0 bridgehead atoms. The Morgan fingerprint density at radius 3 is 2.50 bits per heavy atom. The highest BCUT2D eigenvalue weighted by molar-refractivity contribution is 6.32. The van der Waals surface area contributed by atoms with Crippen LogP contribution in [0.2, 0.25) is 5.02 Å². The van der Waals surface area contributed by atoms with Gasteiger partial charge in [0.2, 0.25) is 5.91 Å². The van der Waals surface area contributed by atoms with Crippen LogP contribution < -0.4 is 5.32 Å². The molecule has 1 aromatic rings. The van der Waals surface area contributed by atoms with Crippen LogP contribution in [-0.2, 0) is 9.59 Å². The molecule has 0 spiro atoms. The minimum atomic E-state index is -1.42. The van der Waals surface area contributed by atoms with Crippen LogP contribution in [0.1, 0.15) is 19.3 Å². The van der Waals surface area contributed by atoms with Gasteiger partial charge in [-0.05, 0) is 25.0 Å².